The van der Waals surface area contributed by atoms with E-state index in [-0.39, 0.29) is 39.8 Å². The summed E-state index contributed by atoms with van der Waals surface area (Å²) in [5, 5.41) is 2.84. The minimum absolute atomic E-state index is 0.0233. The summed E-state index contributed by atoms with van der Waals surface area (Å²) in [6, 6.07) is 4.29. The highest BCUT2D eigenvalue weighted by Gasteiger charge is 2.34. The smallest absolute Gasteiger partial charge is 0.329 e. The number of amides is 1. The van der Waals surface area contributed by atoms with E-state index < -0.39 is 48.7 Å². The molecular weight excluding hydrogens is 559 g/mol. The van der Waals surface area contributed by atoms with Crippen LogP contribution in [0.1, 0.15) is 64.9 Å². The number of benzene rings is 1. The fourth-order valence-electron chi connectivity index (χ4n) is 4.18. The molecule has 10 nitrogen and oxygen atoms in total. The van der Waals surface area contributed by atoms with Gasteiger partial charge in [0.1, 0.15) is 29.8 Å². The standard InChI is InChI=1S/C29H38ClFN2O8/c1-8-19(9-2)26(41-22-13-20(30)12-21(31)14-22)17(5)40-29(36)24(16(3)4)33-28(35)25-27(39-15-38-18(6)34)23(37-7)10-11-32-25/h10-14,16-17,19,24,26H,8-9,15H2,1-7H3,(H,33,35)/t17-,24-,26-/m0/s1. The van der Waals surface area contributed by atoms with E-state index in [0.29, 0.717) is 12.8 Å². The molecule has 1 aromatic heterocycles. The number of methoxy groups -OCH3 is 1. The van der Waals surface area contributed by atoms with Gasteiger partial charge in [0.05, 0.1) is 7.11 Å². The molecule has 0 bridgehead atoms. The van der Waals surface area contributed by atoms with Crippen molar-refractivity contribution in [3.8, 4) is 17.2 Å². The Morgan fingerprint density at radius 2 is 1.78 bits per heavy atom. The lowest BCUT2D eigenvalue weighted by molar-refractivity contribution is -0.158. The third-order valence-corrected chi connectivity index (χ3v) is 6.58. The summed E-state index contributed by atoms with van der Waals surface area (Å²) < 4.78 is 41.4. The molecule has 1 aromatic carbocycles. The molecule has 0 aliphatic carbocycles. The van der Waals surface area contributed by atoms with Gasteiger partial charge in [-0.25, -0.2) is 14.2 Å². The molecule has 226 valence electrons. The number of nitrogens with one attached hydrogen (secondary N) is 1. The summed E-state index contributed by atoms with van der Waals surface area (Å²) in [6.45, 7) is 9.89. The molecular formula is C29H38ClFN2O8. The van der Waals surface area contributed by atoms with E-state index in [2.05, 4.69) is 10.3 Å². The average molecular weight is 597 g/mol. The number of halogens is 2. The van der Waals surface area contributed by atoms with Gasteiger partial charge in [0.2, 0.25) is 6.79 Å². The molecule has 0 spiro atoms. The van der Waals surface area contributed by atoms with E-state index in [1.807, 2.05) is 13.8 Å². The first kappa shape index (κ1) is 33.6. The maximum Gasteiger partial charge on any atom is 0.329 e. The van der Waals surface area contributed by atoms with Crippen molar-refractivity contribution in [3.05, 3.63) is 47.0 Å². The lowest BCUT2D eigenvalue weighted by Crippen LogP contribution is -2.48. The molecule has 0 fully saturated rings. The molecule has 2 aromatic rings. The van der Waals surface area contributed by atoms with E-state index in [9.17, 15) is 18.8 Å². The predicted octanol–water partition coefficient (Wildman–Crippen LogP) is 5.35. The van der Waals surface area contributed by atoms with E-state index in [4.69, 9.17) is 35.3 Å². The van der Waals surface area contributed by atoms with Gasteiger partial charge < -0.3 is 29.0 Å². The maximum absolute atomic E-state index is 14.0. The number of aromatic nitrogens is 1. The predicted molar refractivity (Wildman–Crippen MR) is 150 cm³/mol. The Morgan fingerprint density at radius 3 is 2.34 bits per heavy atom. The molecule has 1 heterocycles. The minimum Gasteiger partial charge on any atom is -0.493 e. The SMILES string of the molecule is CCC(CC)[C@@H](Oc1cc(F)cc(Cl)c1)[C@H](C)OC(=O)[C@@H](NC(=O)c1nccc(OC)c1OCOC(C)=O)C(C)C. The van der Waals surface area contributed by atoms with Crippen LogP contribution >= 0.6 is 11.6 Å². The summed E-state index contributed by atoms with van der Waals surface area (Å²) >= 11 is 6.00. The van der Waals surface area contributed by atoms with Crippen molar-refractivity contribution < 1.29 is 42.5 Å². The van der Waals surface area contributed by atoms with Crippen LogP contribution in [-0.4, -0.2) is 55.0 Å². The van der Waals surface area contributed by atoms with Gasteiger partial charge in [-0.1, -0.05) is 39.3 Å². The van der Waals surface area contributed by atoms with Crippen molar-refractivity contribution in [3.63, 3.8) is 0 Å². The van der Waals surface area contributed by atoms with Crippen LogP contribution in [0.3, 0.4) is 0 Å². The van der Waals surface area contributed by atoms with Crippen molar-refractivity contribution in [2.24, 2.45) is 11.8 Å². The highest BCUT2D eigenvalue weighted by atomic mass is 35.5. The fraction of sp³-hybridized carbons (Fsp3) is 0.517. The van der Waals surface area contributed by atoms with Crippen LogP contribution in [0, 0.1) is 17.7 Å². The zero-order valence-electron chi connectivity index (χ0n) is 24.4. The Balaban J connectivity index is 2.26. The summed E-state index contributed by atoms with van der Waals surface area (Å²) in [5.74, 6) is -2.61. The van der Waals surface area contributed by atoms with Crippen LogP contribution in [0.5, 0.6) is 17.2 Å². The van der Waals surface area contributed by atoms with Crippen molar-refractivity contribution in [2.75, 3.05) is 13.9 Å². The number of hydrogen-bond acceptors (Lipinski definition) is 9. The van der Waals surface area contributed by atoms with Crippen molar-refractivity contribution in [1.29, 1.82) is 0 Å². The van der Waals surface area contributed by atoms with Gasteiger partial charge >= 0.3 is 11.9 Å². The van der Waals surface area contributed by atoms with Crippen LogP contribution in [0.4, 0.5) is 4.39 Å². The second kappa shape index (κ2) is 16.0. The number of rotatable bonds is 15. The zero-order chi connectivity index (χ0) is 30.7. The van der Waals surface area contributed by atoms with Crippen LogP contribution < -0.4 is 19.5 Å². The molecule has 0 radical (unpaired) electrons. The fourth-order valence-corrected chi connectivity index (χ4v) is 4.39. The highest BCUT2D eigenvalue weighted by Crippen LogP contribution is 2.30. The molecule has 41 heavy (non-hydrogen) atoms. The molecule has 1 amide bonds. The molecule has 1 N–H and O–H groups in total. The lowest BCUT2D eigenvalue weighted by Gasteiger charge is -2.32. The highest BCUT2D eigenvalue weighted by molar-refractivity contribution is 6.30. The first-order chi connectivity index (χ1) is 19.4. The molecule has 0 aliphatic rings. The Labute approximate surface area is 244 Å². The van der Waals surface area contributed by atoms with Gasteiger partial charge in [-0.15, -0.1) is 0 Å². The second-order valence-electron chi connectivity index (χ2n) is 9.69. The molecule has 2 rings (SSSR count). The Bertz CT molecular complexity index is 1170. The number of hydrogen-bond donors (Lipinski definition) is 1. The maximum atomic E-state index is 14.0. The van der Waals surface area contributed by atoms with Crippen molar-refractivity contribution >= 4 is 29.4 Å². The van der Waals surface area contributed by atoms with Crippen LogP contribution in [-0.2, 0) is 19.1 Å². The Kier molecular flexibility index (Phi) is 13.1. The summed E-state index contributed by atoms with van der Waals surface area (Å²) in [5.41, 5.74) is -0.177. The number of esters is 2. The molecule has 0 saturated carbocycles. The first-order valence-electron chi connectivity index (χ1n) is 13.3. The number of pyridine rings is 1. The Morgan fingerprint density at radius 1 is 1.10 bits per heavy atom. The normalized spacial score (nSPS) is 13.2. The monoisotopic (exact) mass is 596 g/mol. The number of ether oxygens (including phenoxy) is 5. The van der Waals surface area contributed by atoms with Gasteiger partial charge in [-0.05, 0) is 43.7 Å². The van der Waals surface area contributed by atoms with Gasteiger partial charge in [0.25, 0.3) is 5.91 Å². The van der Waals surface area contributed by atoms with E-state index in [0.717, 1.165) is 0 Å². The third kappa shape index (κ3) is 9.77. The van der Waals surface area contributed by atoms with Crippen molar-refractivity contribution in [2.45, 2.75) is 72.6 Å². The van der Waals surface area contributed by atoms with Gasteiger partial charge in [-0.3, -0.25) is 9.59 Å². The zero-order valence-corrected chi connectivity index (χ0v) is 25.1. The Hall–Kier alpha value is -3.60. The average Bonchev–Trinajstić information content (AvgIpc) is 2.90. The van der Waals surface area contributed by atoms with E-state index in [1.165, 1.54) is 44.5 Å². The number of nitrogens with zero attached hydrogens (tertiary/aromatic N) is 1. The third-order valence-electron chi connectivity index (χ3n) is 6.36. The summed E-state index contributed by atoms with van der Waals surface area (Å²) in [7, 11) is 1.38. The minimum atomic E-state index is -1.06. The second-order valence-corrected chi connectivity index (χ2v) is 10.1. The van der Waals surface area contributed by atoms with Gasteiger partial charge in [0.15, 0.2) is 17.2 Å². The number of carbonyl (C=O) groups excluding carboxylic acids is 3. The molecule has 0 unspecified atom stereocenters. The lowest BCUT2D eigenvalue weighted by atomic mass is 9.93. The van der Waals surface area contributed by atoms with E-state index >= 15 is 0 Å². The summed E-state index contributed by atoms with van der Waals surface area (Å²) in [4.78, 5) is 41.9. The molecule has 0 aliphatic heterocycles. The first-order valence-corrected chi connectivity index (χ1v) is 13.7. The number of carbonyl (C=O) groups is 3. The van der Waals surface area contributed by atoms with Crippen LogP contribution in [0.2, 0.25) is 5.02 Å². The van der Waals surface area contributed by atoms with Crippen LogP contribution in [0.15, 0.2) is 30.5 Å². The van der Waals surface area contributed by atoms with Gasteiger partial charge in [0, 0.05) is 30.3 Å². The quantitative estimate of drug-likeness (QED) is 0.214. The van der Waals surface area contributed by atoms with Gasteiger partial charge in [-0.2, -0.15) is 0 Å². The molecule has 12 heteroatoms. The van der Waals surface area contributed by atoms with Crippen molar-refractivity contribution in [1.82, 2.24) is 10.3 Å². The largest absolute Gasteiger partial charge is 0.493 e. The van der Waals surface area contributed by atoms with E-state index in [1.54, 1.807) is 20.8 Å². The summed E-state index contributed by atoms with van der Waals surface area (Å²) in [6.07, 6.45) is 1.40. The molecule has 0 saturated heterocycles. The topological polar surface area (TPSA) is 122 Å². The van der Waals surface area contributed by atoms with Crippen LogP contribution in [0.25, 0.3) is 0 Å². The molecule has 3 atom stereocenters.